The summed E-state index contributed by atoms with van der Waals surface area (Å²) in [4.78, 5) is 11.5. The molecule has 1 amide bonds. The average Bonchev–Trinajstić information content (AvgIpc) is 2.22. The van der Waals surface area contributed by atoms with Crippen LogP contribution in [-0.2, 0) is 9.53 Å². The fraction of sp³-hybridized carbons (Fsp3) is 0.917. The Morgan fingerprint density at radius 3 is 2.56 bits per heavy atom. The third-order valence-electron chi connectivity index (χ3n) is 2.62. The molecule has 4 nitrogen and oxygen atoms in total. The molecule has 0 saturated carbocycles. The summed E-state index contributed by atoms with van der Waals surface area (Å²) in [5.74, 6) is 0.546. The molecule has 4 heteroatoms. The van der Waals surface area contributed by atoms with Gasteiger partial charge in [-0.15, -0.1) is 0 Å². The lowest BCUT2D eigenvalue weighted by atomic mass is 10.00. The Labute approximate surface area is 98.9 Å². The highest BCUT2D eigenvalue weighted by Gasteiger charge is 2.25. The minimum absolute atomic E-state index is 0.109. The van der Waals surface area contributed by atoms with E-state index >= 15 is 0 Å². The highest BCUT2D eigenvalue weighted by Crippen LogP contribution is 2.03. The summed E-state index contributed by atoms with van der Waals surface area (Å²) >= 11 is 0. The maximum Gasteiger partial charge on any atom is 0.239 e. The van der Waals surface area contributed by atoms with E-state index in [0.717, 1.165) is 13.0 Å². The molecule has 1 atom stereocenters. The fourth-order valence-electron chi connectivity index (χ4n) is 1.02. The molecule has 0 fully saturated rings. The Morgan fingerprint density at radius 1 is 1.44 bits per heavy atom. The van der Waals surface area contributed by atoms with E-state index in [1.165, 1.54) is 0 Å². The Hall–Kier alpha value is -0.610. The molecule has 0 aromatic heterocycles. The van der Waals surface area contributed by atoms with E-state index in [2.05, 4.69) is 19.2 Å². The quantitative estimate of drug-likeness (QED) is 0.618. The van der Waals surface area contributed by atoms with Crippen LogP contribution in [0.1, 0.15) is 40.5 Å². The monoisotopic (exact) mass is 230 g/mol. The summed E-state index contributed by atoms with van der Waals surface area (Å²) < 4.78 is 5.39. The topological polar surface area (TPSA) is 64.4 Å². The summed E-state index contributed by atoms with van der Waals surface area (Å²) in [6.07, 6.45) is 1.69. The minimum Gasteiger partial charge on any atom is -0.380 e. The van der Waals surface area contributed by atoms with Gasteiger partial charge in [0.25, 0.3) is 0 Å². The fourth-order valence-corrected chi connectivity index (χ4v) is 1.02. The van der Waals surface area contributed by atoms with Crippen LogP contribution in [0.5, 0.6) is 0 Å². The largest absolute Gasteiger partial charge is 0.380 e. The zero-order valence-corrected chi connectivity index (χ0v) is 11.0. The van der Waals surface area contributed by atoms with Gasteiger partial charge in [0.1, 0.15) is 0 Å². The van der Waals surface area contributed by atoms with Crippen LogP contribution in [0.2, 0.25) is 0 Å². The average molecular weight is 230 g/mol. The second-order valence-corrected chi connectivity index (χ2v) is 4.82. The standard InChI is InChI=1S/C12H26N2O2/c1-5-12(4,13)11(15)14-7-9-16-8-6-10(2)3/h10H,5-9,13H2,1-4H3,(H,14,15). The van der Waals surface area contributed by atoms with Gasteiger partial charge >= 0.3 is 0 Å². The van der Waals surface area contributed by atoms with Gasteiger partial charge < -0.3 is 15.8 Å². The van der Waals surface area contributed by atoms with Crippen LogP contribution < -0.4 is 11.1 Å². The highest BCUT2D eigenvalue weighted by molar-refractivity contribution is 5.85. The lowest BCUT2D eigenvalue weighted by molar-refractivity contribution is -0.126. The number of amides is 1. The Morgan fingerprint density at radius 2 is 2.06 bits per heavy atom. The molecule has 0 aromatic carbocycles. The molecule has 0 bridgehead atoms. The van der Waals surface area contributed by atoms with Crippen molar-refractivity contribution in [3.05, 3.63) is 0 Å². The number of carbonyl (C=O) groups is 1. The molecule has 3 N–H and O–H groups in total. The van der Waals surface area contributed by atoms with Crippen molar-refractivity contribution in [2.24, 2.45) is 11.7 Å². The summed E-state index contributed by atoms with van der Waals surface area (Å²) in [5, 5.41) is 2.77. The van der Waals surface area contributed by atoms with Crippen LogP contribution in [-0.4, -0.2) is 31.2 Å². The van der Waals surface area contributed by atoms with Gasteiger partial charge in [-0.2, -0.15) is 0 Å². The van der Waals surface area contributed by atoms with E-state index in [1.54, 1.807) is 6.92 Å². The maximum atomic E-state index is 11.5. The van der Waals surface area contributed by atoms with Crippen molar-refractivity contribution in [2.75, 3.05) is 19.8 Å². The molecule has 96 valence electrons. The van der Waals surface area contributed by atoms with E-state index in [9.17, 15) is 4.79 Å². The molecule has 0 aliphatic carbocycles. The van der Waals surface area contributed by atoms with Crippen LogP contribution in [0.3, 0.4) is 0 Å². The number of hydrogen-bond donors (Lipinski definition) is 2. The van der Waals surface area contributed by atoms with Gasteiger partial charge in [0, 0.05) is 13.2 Å². The maximum absolute atomic E-state index is 11.5. The molecule has 0 saturated heterocycles. The molecule has 0 heterocycles. The number of hydrogen-bond acceptors (Lipinski definition) is 3. The number of nitrogens with two attached hydrogens (primary N) is 1. The Balaban J connectivity index is 3.49. The Bertz CT molecular complexity index is 203. The third kappa shape index (κ3) is 6.80. The molecule has 0 rings (SSSR count). The van der Waals surface area contributed by atoms with Crippen molar-refractivity contribution in [1.82, 2.24) is 5.32 Å². The predicted molar refractivity (Wildman–Crippen MR) is 66.2 cm³/mol. The van der Waals surface area contributed by atoms with Gasteiger partial charge in [0.15, 0.2) is 0 Å². The second kappa shape index (κ2) is 7.63. The highest BCUT2D eigenvalue weighted by atomic mass is 16.5. The number of carbonyl (C=O) groups excluding carboxylic acids is 1. The first kappa shape index (κ1) is 15.4. The van der Waals surface area contributed by atoms with E-state index in [0.29, 0.717) is 25.5 Å². The summed E-state index contributed by atoms with van der Waals surface area (Å²) in [7, 11) is 0. The molecular formula is C12H26N2O2. The van der Waals surface area contributed by atoms with Crippen LogP contribution in [0.25, 0.3) is 0 Å². The smallest absolute Gasteiger partial charge is 0.239 e. The predicted octanol–water partition coefficient (Wildman–Crippen LogP) is 1.29. The van der Waals surface area contributed by atoms with Gasteiger partial charge in [-0.1, -0.05) is 20.8 Å². The first-order valence-electron chi connectivity index (χ1n) is 6.05. The molecule has 16 heavy (non-hydrogen) atoms. The molecule has 0 spiro atoms. The van der Waals surface area contributed by atoms with Crippen molar-refractivity contribution in [2.45, 2.75) is 46.1 Å². The molecular weight excluding hydrogens is 204 g/mol. The lowest BCUT2D eigenvalue weighted by Gasteiger charge is -2.21. The van der Waals surface area contributed by atoms with Crippen molar-refractivity contribution >= 4 is 5.91 Å². The van der Waals surface area contributed by atoms with Crippen LogP contribution in [0, 0.1) is 5.92 Å². The van der Waals surface area contributed by atoms with Crippen LogP contribution >= 0.6 is 0 Å². The van der Waals surface area contributed by atoms with Gasteiger partial charge in [0.2, 0.25) is 5.91 Å². The van der Waals surface area contributed by atoms with Crippen molar-refractivity contribution in [3.8, 4) is 0 Å². The van der Waals surface area contributed by atoms with E-state index in [-0.39, 0.29) is 5.91 Å². The van der Waals surface area contributed by atoms with Gasteiger partial charge in [-0.05, 0) is 25.7 Å². The Kier molecular flexibility index (Phi) is 7.34. The van der Waals surface area contributed by atoms with E-state index in [4.69, 9.17) is 10.5 Å². The third-order valence-corrected chi connectivity index (χ3v) is 2.62. The summed E-state index contributed by atoms with van der Waals surface area (Å²) in [6, 6.07) is 0. The lowest BCUT2D eigenvalue weighted by Crippen LogP contribution is -2.51. The molecule has 0 aliphatic heterocycles. The first-order chi connectivity index (χ1) is 7.40. The SMILES string of the molecule is CCC(C)(N)C(=O)NCCOCCC(C)C. The van der Waals surface area contributed by atoms with Gasteiger partial charge in [0.05, 0.1) is 12.1 Å². The van der Waals surface area contributed by atoms with Crippen molar-refractivity contribution in [3.63, 3.8) is 0 Å². The van der Waals surface area contributed by atoms with E-state index < -0.39 is 5.54 Å². The normalized spacial score (nSPS) is 14.9. The first-order valence-corrected chi connectivity index (χ1v) is 6.05. The number of rotatable bonds is 8. The summed E-state index contributed by atoms with van der Waals surface area (Å²) in [6.45, 7) is 9.79. The van der Waals surface area contributed by atoms with Gasteiger partial charge in [-0.3, -0.25) is 4.79 Å². The van der Waals surface area contributed by atoms with Crippen LogP contribution in [0.4, 0.5) is 0 Å². The molecule has 1 unspecified atom stereocenters. The zero-order chi connectivity index (χ0) is 12.6. The van der Waals surface area contributed by atoms with Crippen LogP contribution in [0.15, 0.2) is 0 Å². The van der Waals surface area contributed by atoms with E-state index in [1.807, 2.05) is 6.92 Å². The number of nitrogens with one attached hydrogen (secondary N) is 1. The zero-order valence-electron chi connectivity index (χ0n) is 11.0. The number of ether oxygens (including phenoxy) is 1. The molecule has 0 aromatic rings. The van der Waals surface area contributed by atoms with Crippen molar-refractivity contribution in [1.29, 1.82) is 0 Å². The molecule has 0 aliphatic rings. The minimum atomic E-state index is -0.766. The summed E-state index contributed by atoms with van der Waals surface area (Å²) in [5.41, 5.74) is 5.02. The van der Waals surface area contributed by atoms with Gasteiger partial charge in [-0.25, -0.2) is 0 Å². The van der Waals surface area contributed by atoms with Crippen molar-refractivity contribution < 1.29 is 9.53 Å². The molecule has 0 radical (unpaired) electrons. The second-order valence-electron chi connectivity index (χ2n) is 4.82.